The average Bonchev–Trinajstić information content (AvgIpc) is 2.85. The van der Waals surface area contributed by atoms with E-state index in [-0.39, 0.29) is 5.54 Å². The van der Waals surface area contributed by atoms with E-state index in [9.17, 15) is 0 Å². The second kappa shape index (κ2) is 6.53. The molecule has 2 atom stereocenters. The van der Waals surface area contributed by atoms with E-state index >= 15 is 0 Å². The summed E-state index contributed by atoms with van der Waals surface area (Å²) in [6, 6.07) is 0.626. The number of hydrogen-bond donors (Lipinski definition) is 1. The molecule has 0 radical (unpaired) electrons. The Bertz CT molecular complexity index is 283. The molecule has 2 N–H and O–H groups in total. The number of likely N-dealkylation sites (tertiary alicyclic amines) is 2. The molecule has 2 unspecified atom stereocenters. The van der Waals surface area contributed by atoms with Gasteiger partial charge >= 0.3 is 0 Å². The first-order valence-corrected chi connectivity index (χ1v) is 7.92. The van der Waals surface area contributed by atoms with Crippen molar-refractivity contribution >= 4 is 0 Å². The second-order valence-corrected chi connectivity index (χ2v) is 6.41. The van der Waals surface area contributed by atoms with Crippen molar-refractivity contribution in [3.8, 4) is 0 Å². The van der Waals surface area contributed by atoms with E-state index in [0.717, 1.165) is 26.2 Å². The fourth-order valence-corrected chi connectivity index (χ4v) is 3.62. The number of nitrogens with two attached hydrogens (primary N) is 1. The molecule has 0 amide bonds. The lowest BCUT2D eigenvalue weighted by Gasteiger charge is -2.45. The summed E-state index contributed by atoms with van der Waals surface area (Å²) >= 11 is 0. The van der Waals surface area contributed by atoms with Gasteiger partial charge in [-0.2, -0.15) is 0 Å². The molecule has 0 aromatic carbocycles. The standard InChI is InChI=1S/C15H31N3O/c1-4-19-14-6-5-8-18(10-14)15(11-16)7-9-17(12-15)13(2)3/h13-14H,4-12,16H2,1-3H3. The molecule has 0 aliphatic carbocycles. The smallest absolute Gasteiger partial charge is 0.0702 e. The summed E-state index contributed by atoms with van der Waals surface area (Å²) in [5.74, 6) is 0. The van der Waals surface area contributed by atoms with Crippen molar-refractivity contribution in [3.63, 3.8) is 0 Å². The summed E-state index contributed by atoms with van der Waals surface area (Å²) < 4.78 is 5.84. The molecule has 4 nitrogen and oxygen atoms in total. The van der Waals surface area contributed by atoms with Crippen molar-refractivity contribution in [2.24, 2.45) is 5.73 Å². The van der Waals surface area contributed by atoms with Crippen molar-refractivity contribution in [1.29, 1.82) is 0 Å². The zero-order valence-electron chi connectivity index (χ0n) is 12.9. The summed E-state index contributed by atoms with van der Waals surface area (Å²) in [4.78, 5) is 5.19. The Morgan fingerprint density at radius 2 is 2.16 bits per heavy atom. The van der Waals surface area contributed by atoms with Gasteiger partial charge in [0.05, 0.1) is 6.10 Å². The molecule has 2 fully saturated rings. The molecule has 2 heterocycles. The first-order chi connectivity index (χ1) is 9.11. The molecule has 2 saturated heterocycles. The van der Waals surface area contributed by atoms with Crippen LogP contribution in [-0.2, 0) is 4.74 Å². The molecule has 4 heteroatoms. The molecular formula is C15H31N3O. The highest BCUT2D eigenvalue weighted by molar-refractivity contribution is 5.02. The first kappa shape index (κ1) is 15.2. The van der Waals surface area contributed by atoms with Gasteiger partial charge in [-0.05, 0) is 46.6 Å². The summed E-state index contributed by atoms with van der Waals surface area (Å²) in [5, 5.41) is 0. The first-order valence-electron chi connectivity index (χ1n) is 7.92. The van der Waals surface area contributed by atoms with Crippen LogP contribution in [0.1, 0.15) is 40.0 Å². The molecule has 0 spiro atoms. The van der Waals surface area contributed by atoms with Crippen molar-refractivity contribution in [2.75, 3.05) is 39.3 Å². The van der Waals surface area contributed by atoms with E-state index in [2.05, 4.69) is 30.6 Å². The summed E-state index contributed by atoms with van der Waals surface area (Å²) in [7, 11) is 0. The summed E-state index contributed by atoms with van der Waals surface area (Å²) in [5.41, 5.74) is 6.37. The summed E-state index contributed by atoms with van der Waals surface area (Å²) in [6.45, 7) is 12.8. The van der Waals surface area contributed by atoms with Crippen molar-refractivity contribution < 1.29 is 4.74 Å². The average molecular weight is 269 g/mol. The number of ether oxygens (including phenoxy) is 1. The molecule has 0 bridgehead atoms. The lowest BCUT2D eigenvalue weighted by Crippen LogP contribution is -2.59. The molecule has 112 valence electrons. The largest absolute Gasteiger partial charge is 0.377 e. The van der Waals surface area contributed by atoms with Gasteiger partial charge in [0.25, 0.3) is 0 Å². The molecule has 2 rings (SSSR count). The lowest BCUT2D eigenvalue weighted by molar-refractivity contribution is -0.0307. The van der Waals surface area contributed by atoms with Gasteiger partial charge in [0.2, 0.25) is 0 Å². The second-order valence-electron chi connectivity index (χ2n) is 6.41. The number of nitrogens with zero attached hydrogens (tertiary/aromatic N) is 2. The van der Waals surface area contributed by atoms with Gasteiger partial charge in [-0.3, -0.25) is 9.80 Å². The van der Waals surface area contributed by atoms with E-state index in [1.54, 1.807) is 0 Å². The Morgan fingerprint density at radius 1 is 1.37 bits per heavy atom. The molecule has 2 aliphatic heterocycles. The lowest BCUT2D eigenvalue weighted by atomic mass is 9.92. The van der Waals surface area contributed by atoms with Crippen LogP contribution in [-0.4, -0.2) is 66.8 Å². The topological polar surface area (TPSA) is 41.7 Å². The minimum Gasteiger partial charge on any atom is -0.377 e. The highest BCUT2D eigenvalue weighted by Crippen LogP contribution is 2.31. The van der Waals surface area contributed by atoms with Crippen LogP contribution in [0.3, 0.4) is 0 Å². The molecule has 0 aromatic rings. The van der Waals surface area contributed by atoms with Crippen LogP contribution in [0.15, 0.2) is 0 Å². The van der Waals surface area contributed by atoms with Gasteiger partial charge in [-0.1, -0.05) is 0 Å². The van der Waals surface area contributed by atoms with Crippen LogP contribution < -0.4 is 5.73 Å². The van der Waals surface area contributed by atoms with Crippen LogP contribution >= 0.6 is 0 Å². The van der Waals surface area contributed by atoms with Gasteiger partial charge in [0.1, 0.15) is 0 Å². The SMILES string of the molecule is CCOC1CCCN(C2(CN)CCN(C(C)C)C2)C1. The van der Waals surface area contributed by atoms with Crippen LogP contribution in [0.2, 0.25) is 0 Å². The highest BCUT2D eigenvalue weighted by Gasteiger charge is 2.43. The van der Waals surface area contributed by atoms with E-state index in [1.807, 2.05) is 0 Å². The van der Waals surface area contributed by atoms with Crippen LogP contribution in [0.5, 0.6) is 0 Å². The maximum absolute atomic E-state index is 6.17. The van der Waals surface area contributed by atoms with E-state index < -0.39 is 0 Å². The Kier molecular flexibility index (Phi) is 5.23. The number of hydrogen-bond acceptors (Lipinski definition) is 4. The zero-order valence-corrected chi connectivity index (χ0v) is 12.9. The maximum Gasteiger partial charge on any atom is 0.0702 e. The zero-order chi connectivity index (χ0) is 13.9. The van der Waals surface area contributed by atoms with Gasteiger partial charge in [0, 0.05) is 44.4 Å². The normalized spacial score (nSPS) is 34.3. The van der Waals surface area contributed by atoms with Gasteiger partial charge in [-0.15, -0.1) is 0 Å². The van der Waals surface area contributed by atoms with Gasteiger partial charge in [-0.25, -0.2) is 0 Å². The molecule has 0 saturated carbocycles. The van der Waals surface area contributed by atoms with Gasteiger partial charge in [0.15, 0.2) is 0 Å². The highest BCUT2D eigenvalue weighted by atomic mass is 16.5. The predicted molar refractivity (Wildman–Crippen MR) is 79.3 cm³/mol. The third-order valence-corrected chi connectivity index (χ3v) is 4.92. The van der Waals surface area contributed by atoms with Crippen LogP contribution in [0, 0.1) is 0 Å². The Morgan fingerprint density at radius 3 is 2.74 bits per heavy atom. The minimum atomic E-state index is 0.194. The Balaban J connectivity index is 2.01. The van der Waals surface area contributed by atoms with Crippen molar-refractivity contribution in [2.45, 2.75) is 57.7 Å². The third kappa shape index (κ3) is 3.30. The quantitative estimate of drug-likeness (QED) is 0.817. The number of piperidine rings is 1. The third-order valence-electron chi connectivity index (χ3n) is 4.92. The van der Waals surface area contributed by atoms with E-state index in [0.29, 0.717) is 12.1 Å². The number of rotatable bonds is 5. The monoisotopic (exact) mass is 269 g/mol. The van der Waals surface area contributed by atoms with Crippen molar-refractivity contribution in [1.82, 2.24) is 9.80 Å². The molecule has 2 aliphatic rings. The minimum absolute atomic E-state index is 0.194. The summed E-state index contributed by atoms with van der Waals surface area (Å²) in [6.07, 6.45) is 4.07. The molecular weight excluding hydrogens is 238 g/mol. The van der Waals surface area contributed by atoms with E-state index in [4.69, 9.17) is 10.5 Å². The van der Waals surface area contributed by atoms with Crippen molar-refractivity contribution in [3.05, 3.63) is 0 Å². The Hall–Kier alpha value is -0.160. The Labute approximate surface area is 118 Å². The van der Waals surface area contributed by atoms with E-state index in [1.165, 1.54) is 32.4 Å². The predicted octanol–water partition coefficient (Wildman–Crippen LogP) is 1.30. The van der Waals surface area contributed by atoms with Crippen LogP contribution in [0.25, 0.3) is 0 Å². The maximum atomic E-state index is 6.17. The fourth-order valence-electron chi connectivity index (χ4n) is 3.62. The van der Waals surface area contributed by atoms with Gasteiger partial charge < -0.3 is 10.5 Å². The molecule has 19 heavy (non-hydrogen) atoms. The fraction of sp³-hybridized carbons (Fsp3) is 1.00. The van der Waals surface area contributed by atoms with Crippen LogP contribution in [0.4, 0.5) is 0 Å². The molecule has 0 aromatic heterocycles.